The van der Waals surface area contributed by atoms with E-state index in [-0.39, 0.29) is 11.8 Å². The maximum Gasteiger partial charge on any atom is 0.309 e. The molecule has 17 heavy (non-hydrogen) atoms. The Bertz CT molecular complexity index is 379. The lowest BCUT2D eigenvalue weighted by atomic mass is 9.48. The van der Waals surface area contributed by atoms with E-state index < -0.39 is 22.1 Å². The van der Waals surface area contributed by atoms with E-state index in [1.807, 2.05) is 0 Å². The largest absolute Gasteiger partial charge is 0.481 e. The van der Waals surface area contributed by atoms with E-state index in [1.165, 1.54) is 0 Å². The number of carboxylic acids is 1. The third-order valence-electron chi connectivity index (χ3n) is 4.73. The van der Waals surface area contributed by atoms with Gasteiger partial charge >= 0.3 is 5.97 Å². The summed E-state index contributed by atoms with van der Waals surface area (Å²) in [5, 5.41) is 19.2. The van der Waals surface area contributed by atoms with Crippen LogP contribution in [0.15, 0.2) is 0 Å². The smallest absolute Gasteiger partial charge is 0.309 e. The zero-order chi connectivity index (χ0) is 12.3. The molecule has 0 saturated heterocycles. The van der Waals surface area contributed by atoms with Crippen LogP contribution < -0.4 is 0 Å². The van der Waals surface area contributed by atoms with Crippen LogP contribution >= 0.6 is 0 Å². The Hall–Kier alpha value is -1.33. The Labute approximate surface area is 98.0 Å². The van der Waals surface area contributed by atoms with Gasteiger partial charge in [0, 0.05) is 0 Å². The van der Waals surface area contributed by atoms with E-state index >= 15 is 0 Å². The van der Waals surface area contributed by atoms with Gasteiger partial charge in [0.1, 0.15) is 5.60 Å². The molecule has 4 saturated carbocycles. The van der Waals surface area contributed by atoms with Gasteiger partial charge in [-0.1, -0.05) is 0 Å². The van der Waals surface area contributed by atoms with Crippen molar-refractivity contribution in [2.75, 3.05) is 0 Å². The molecule has 4 rings (SSSR count). The Morgan fingerprint density at radius 1 is 1.29 bits per heavy atom. The first-order chi connectivity index (χ1) is 7.93. The summed E-state index contributed by atoms with van der Waals surface area (Å²) in [7, 11) is 0. The van der Waals surface area contributed by atoms with E-state index in [2.05, 4.69) is 0 Å². The van der Waals surface area contributed by atoms with Crippen molar-refractivity contribution >= 4 is 5.97 Å². The van der Waals surface area contributed by atoms with Crippen molar-refractivity contribution in [3.63, 3.8) is 0 Å². The highest BCUT2D eigenvalue weighted by molar-refractivity contribution is 5.75. The summed E-state index contributed by atoms with van der Waals surface area (Å²) in [5.41, 5.74) is -1.58. The number of carboxylic acid groups (broad SMARTS) is 1. The van der Waals surface area contributed by atoms with Gasteiger partial charge in [0.15, 0.2) is 0 Å². The fourth-order valence-corrected chi connectivity index (χ4v) is 4.69. The lowest BCUT2D eigenvalue weighted by Crippen LogP contribution is -2.59. The van der Waals surface area contributed by atoms with E-state index in [0.717, 1.165) is 6.42 Å². The summed E-state index contributed by atoms with van der Waals surface area (Å²) in [6.07, 6.45) is 3.96. The lowest BCUT2D eigenvalue weighted by molar-refractivity contribution is -0.785. The summed E-state index contributed by atoms with van der Waals surface area (Å²) >= 11 is 0. The highest BCUT2D eigenvalue weighted by atomic mass is 17.0. The van der Waals surface area contributed by atoms with E-state index in [4.69, 9.17) is 4.84 Å². The van der Waals surface area contributed by atoms with Crippen molar-refractivity contribution in [1.29, 1.82) is 0 Å². The Morgan fingerprint density at radius 2 is 1.88 bits per heavy atom. The number of nitrogens with zero attached hydrogens (tertiary/aromatic N) is 1. The monoisotopic (exact) mass is 241 g/mol. The van der Waals surface area contributed by atoms with Gasteiger partial charge < -0.3 is 9.94 Å². The molecule has 0 amide bonds. The quantitative estimate of drug-likeness (QED) is 0.599. The molecule has 0 radical (unpaired) electrons. The van der Waals surface area contributed by atoms with Crippen molar-refractivity contribution in [1.82, 2.24) is 0 Å². The molecular weight excluding hydrogens is 226 g/mol. The molecule has 1 N–H and O–H groups in total. The molecule has 4 aliphatic rings. The van der Waals surface area contributed by atoms with Crippen molar-refractivity contribution < 1.29 is 19.8 Å². The molecule has 6 heteroatoms. The van der Waals surface area contributed by atoms with Crippen LogP contribution in [0.4, 0.5) is 0 Å². The topological polar surface area (TPSA) is 89.7 Å². The van der Waals surface area contributed by atoms with Gasteiger partial charge in [-0.15, -0.1) is 10.1 Å². The second kappa shape index (κ2) is 3.11. The maximum atomic E-state index is 11.5. The fourth-order valence-electron chi connectivity index (χ4n) is 4.69. The molecule has 0 aromatic heterocycles. The second-order valence-corrected chi connectivity index (χ2v) is 6.04. The normalized spacial score (nSPS) is 46.8. The molecular formula is C11H15NO5. The van der Waals surface area contributed by atoms with Gasteiger partial charge in [-0.05, 0) is 50.4 Å². The summed E-state index contributed by atoms with van der Waals surface area (Å²) in [4.78, 5) is 26.9. The van der Waals surface area contributed by atoms with Crippen molar-refractivity contribution in [2.45, 2.75) is 44.1 Å². The zero-order valence-corrected chi connectivity index (χ0v) is 9.42. The van der Waals surface area contributed by atoms with Gasteiger partial charge in [-0.25, -0.2) is 0 Å². The number of hydrogen-bond acceptors (Lipinski definition) is 4. The van der Waals surface area contributed by atoms with Crippen LogP contribution in [0.5, 0.6) is 0 Å². The van der Waals surface area contributed by atoms with E-state index in [1.54, 1.807) is 0 Å². The zero-order valence-electron chi connectivity index (χ0n) is 9.42. The van der Waals surface area contributed by atoms with E-state index in [0.29, 0.717) is 32.1 Å². The van der Waals surface area contributed by atoms with Crippen LogP contribution in [0.3, 0.4) is 0 Å². The van der Waals surface area contributed by atoms with E-state index in [9.17, 15) is 20.0 Å². The minimum Gasteiger partial charge on any atom is -0.481 e. The van der Waals surface area contributed by atoms with Crippen molar-refractivity contribution in [3.05, 3.63) is 10.1 Å². The van der Waals surface area contributed by atoms with Gasteiger partial charge in [0.25, 0.3) is 5.09 Å². The average molecular weight is 241 g/mol. The summed E-state index contributed by atoms with van der Waals surface area (Å²) in [6.45, 7) is 0. The second-order valence-electron chi connectivity index (χ2n) is 6.04. The standard InChI is InChI=1S/C11H15NO5/c13-9(14)10-2-7-1-8(3-10)5-11(4-7,6-10)17-12(15)16/h7-8H,1-6H2,(H,13,14). The van der Waals surface area contributed by atoms with Crippen LogP contribution in [-0.4, -0.2) is 21.8 Å². The SMILES string of the molecule is O=C(O)C12CC3CC(CC(O[N+](=O)[O-])(C3)C1)C2. The summed E-state index contributed by atoms with van der Waals surface area (Å²) in [5.74, 6) is -0.234. The first kappa shape index (κ1) is 10.8. The minimum absolute atomic E-state index is 0.285. The Kier molecular flexibility index (Phi) is 1.98. The lowest BCUT2D eigenvalue weighted by Gasteiger charge is -2.58. The molecule has 2 atom stereocenters. The van der Waals surface area contributed by atoms with Gasteiger partial charge in [-0.2, -0.15) is 0 Å². The van der Waals surface area contributed by atoms with Crippen LogP contribution in [0.1, 0.15) is 38.5 Å². The number of aliphatic carboxylic acids is 1. The predicted molar refractivity (Wildman–Crippen MR) is 55.6 cm³/mol. The highest BCUT2D eigenvalue weighted by Gasteiger charge is 2.62. The number of hydrogen-bond donors (Lipinski definition) is 1. The first-order valence-corrected chi connectivity index (χ1v) is 6.00. The molecule has 4 fully saturated rings. The molecule has 0 aromatic carbocycles. The average Bonchev–Trinajstić information content (AvgIpc) is 2.12. The number of rotatable bonds is 3. The first-order valence-electron chi connectivity index (χ1n) is 6.00. The Balaban J connectivity index is 1.94. The molecule has 6 nitrogen and oxygen atoms in total. The van der Waals surface area contributed by atoms with Crippen LogP contribution in [0.2, 0.25) is 0 Å². The van der Waals surface area contributed by atoms with Crippen LogP contribution in [0.25, 0.3) is 0 Å². The third kappa shape index (κ3) is 1.50. The molecule has 4 bridgehead atoms. The molecule has 4 aliphatic carbocycles. The fraction of sp³-hybridized carbons (Fsp3) is 0.909. The van der Waals surface area contributed by atoms with Gasteiger partial charge in [0.2, 0.25) is 0 Å². The van der Waals surface area contributed by atoms with Crippen molar-refractivity contribution in [3.8, 4) is 0 Å². The van der Waals surface area contributed by atoms with Crippen LogP contribution in [0, 0.1) is 27.4 Å². The predicted octanol–water partition coefficient (Wildman–Crippen LogP) is 1.62. The molecule has 0 heterocycles. The molecule has 0 aliphatic heterocycles. The number of carbonyl (C=O) groups is 1. The maximum absolute atomic E-state index is 11.5. The molecule has 94 valence electrons. The molecule has 2 unspecified atom stereocenters. The summed E-state index contributed by atoms with van der Waals surface area (Å²) in [6, 6.07) is 0. The van der Waals surface area contributed by atoms with Crippen LogP contribution in [-0.2, 0) is 9.63 Å². The third-order valence-corrected chi connectivity index (χ3v) is 4.73. The highest BCUT2D eigenvalue weighted by Crippen LogP contribution is 2.62. The Morgan fingerprint density at radius 3 is 2.35 bits per heavy atom. The molecule has 0 aromatic rings. The van der Waals surface area contributed by atoms with Crippen molar-refractivity contribution in [2.24, 2.45) is 17.3 Å². The summed E-state index contributed by atoms with van der Waals surface area (Å²) < 4.78 is 0. The van der Waals surface area contributed by atoms with Gasteiger partial charge in [-0.3, -0.25) is 4.79 Å². The van der Waals surface area contributed by atoms with Gasteiger partial charge in [0.05, 0.1) is 5.41 Å². The minimum atomic E-state index is -0.814. The molecule has 0 spiro atoms.